The van der Waals surface area contributed by atoms with Crippen molar-refractivity contribution in [3.05, 3.63) is 50.9 Å². The number of carbonyl (C=O) groups is 1. The molecule has 1 amide bonds. The lowest BCUT2D eigenvalue weighted by Gasteiger charge is -2.14. The van der Waals surface area contributed by atoms with E-state index in [2.05, 4.69) is 15.5 Å². The highest BCUT2D eigenvalue weighted by Gasteiger charge is 2.23. The molecule has 3 aromatic rings. The largest absolute Gasteiger partial charge is 0.493 e. The van der Waals surface area contributed by atoms with E-state index in [4.69, 9.17) is 9.47 Å². The van der Waals surface area contributed by atoms with Crippen LogP contribution in [0.1, 0.15) is 48.7 Å². The molecule has 0 spiro atoms. The molecule has 1 unspecified atom stereocenters. The van der Waals surface area contributed by atoms with Gasteiger partial charge in [-0.1, -0.05) is 0 Å². The summed E-state index contributed by atoms with van der Waals surface area (Å²) in [5.41, 5.74) is 4.19. The highest BCUT2D eigenvalue weighted by molar-refractivity contribution is 7.18. The van der Waals surface area contributed by atoms with Gasteiger partial charge in [0.25, 0.3) is 11.5 Å². The van der Waals surface area contributed by atoms with Crippen LogP contribution in [0.4, 0.5) is 0 Å². The summed E-state index contributed by atoms with van der Waals surface area (Å²) in [4.78, 5) is 32.3. The van der Waals surface area contributed by atoms with Gasteiger partial charge in [-0.15, -0.1) is 11.3 Å². The number of carbonyl (C=O) groups excluding carboxylic acids is 1. The van der Waals surface area contributed by atoms with E-state index < -0.39 is 11.9 Å². The Morgan fingerprint density at radius 1 is 1.34 bits per heavy atom. The van der Waals surface area contributed by atoms with E-state index in [-0.39, 0.29) is 5.56 Å². The molecule has 2 aromatic heterocycles. The summed E-state index contributed by atoms with van der Waals surface area (Å²) in [6.07, 6.45) is 7.09. The third-order valence-corrected chi connectivity index (χ3v) is 6.77. The van der Waals surface area contributed by atoms with Gasteiger partial charge < -0.3 is 9.47 Å². The summed E-state index contributed by atoms with van der Waals surface area (Å²) in [7, 11) is 1.56. The lowest BCUT2D eigenvalue weighted by Crippen LogP contribution is -2.34. The van der Waals surface area contributed by atoms with E-state index in [1.54, 1.807) is 37.5 Å². The number of nitrogens with one attached hydrogen (secondary N) is 1. The minimum atomic E-state index is -0.745. The molecule has 1 N–H and O–H groups in total. The van der Waals surface area contributed by atoms with E-state index >= 15 is 0 Å². The number of hydrazone groups is 1. The number of amides is 1. The zero-order chi connectivity index (χ0) is 22.7. The van der Waals surface area contributed by atoms with Gasteiger partial charge in [-0.05, 0) is 68.9 Å². The fraction of sp³-hybridized carbons (Fsp3) is 0.391. The van der Waals surface area contributed by atoms with Gasteiger partial charge in [0.05, 0.1) is 31.6 Å². The van der Waals surface area contributed by atoms with Crippen LogP contribution >= 0.6 is 11.3 Å². The summed E-state index contributed by atoms with van der Waals surface area (Å²) in [6.45, 7) is 4.10. The van der Waals surface area contributed by atoms with Crippen molar-refractivity contribution in [3.63, 3.8) is 0 Å². The highest BCUT2D eigenvalue weighted by Crippen LogP contribution is 2.33. The van der Waals surface area contributed by atoms with Gasteiger partial charge in [-0.25, -0.2) is 10.4 Å². The molecule has 0 aliphatic heterocycles. The van der Waals surface area contributed by atoms with Gasteiger partial charge in [-0.3, -0.25) is 14.2 Å². The number of thiophene rings is 1. The number of hydrogen-bond acceptors (Lipinski definition) is 7. The van der Waals surface area contributed by atoms with Crippen LogP contribution in [0.2, 0.25) is 0 Å². The molecule has 9 heteroatoms. The zero-order valence-corrected chi connectivity index (χ0v) is 19.2. The summed E-state index contributed by atoms with van der Waals surface area (Å²) >= 11 is 1.59. The number of benzene rings is 1. The molecule has 8 nitrogen and oxygen atoms in total. The average molecular weight is 455 g/mol. The van der Waals surface area contributed by atoms with Crippen molar-refractivity contribution in [2.45, 2.75) is 45.6 Å². The molecule has 0 saturated heterocycles. The fourth-order valence-electron chi connectivity index (χ4n) is 3.86. The molecule has 0 radical (unpaired) electrons. The SMILES string of the molecule is CCOc1ccc(/C=N/NC(=O)C(C)n2cnc3sc4c(c3c2=O)CCCC4)cc1OC. The van der Waals surface area contributed by atoms with Gasteiger partial charge >= 0.3 is 0 Å². The molecule has 1 aliphatic rings. The maximum atomic E-state index is 13.1. The second-order valence-corrected chi connectivity index (χ2v) is 8.69. The Labute approximate surface area is 189 Å². The van der Waals surface area contributed by atoms with Gasteiger partial charge in [0, 0.05) is 4.88 Å². The predicted molar refractivity (Wildman–Crippen MR) is 125 cm³/mol. The molecule has 1 aromatic carbocycles. The number of ether oxygens (including phenoxy) is 2. The first-order valence-electron chi connectivity index (χ1n) is 10.7. The summed E-state index contributed by atoms with van der Waals surface area (Å²) in [5.74, 6) is 0.828. The molecule has 1 atom stereocenters. The molecule has 0 fully saturated rings. The minimum absolute atomic E-state index is 0.169. The second kappa shape index (κ2) is 9.52. The predicted octanol–water partition coefficient (Wildman–Crippen LogP) is 3.46. The highest BCUT2D eigenvalue weighted by atomic mass is 32.1. The molecule has 1 aliphatic carbocycles. The zero-order valence-electron chi connectivity index (χ0n) is 18.4. The normalized spacial score (nSPS) is 14.3. The Balaban J connectivity index is 1.50. The lowest BCUT2D eigenvalue weighted by molar-refractivity contribution is -0.123. The Kier molecular flexibility index (Phi) is 6.55. The van der Waals surface area contributed by atoms with E-state index in [0.717, 1.165) is 41.6 Å². The fourth-order valence-corrected chi connectivity index (χ4v) is 5.08. The van der Waals surface area contributed by atoms with Gasteiger partial charge in [0.1, 0.15) is 10.9 Å². The van der Waals surface area contributed by atoms with E-state index in [1.165, 1.54) is 22.0 Å². The van der Waals surface area contributed by atoms with Crippen molar-refractivity contribution in [1.29, 1.82) is 0 Å². The Hall–Kier alpha value is -3.20. The van der Waals surface area contributed by atoms with Crippen LogP contribution in [-0.4, -0.2) is 35.4 Å². The third-order valence-electron chi connectivity index (χ3n) is 5.57. The first-order valence-corrected chi connectivity index (χ1v) is 11.5. The molecular weight excluding hydrogens is 428 g/mol. The number of fused-ring (bicyclic) bond motifs is 3. The van der Waals surface area contributed by atoms with E-state index in [9.17, 15) is 9.59 Å². The molecule has 168 valence electrons. The minimum Gasteiger partial charge on any atom is -0.493 e. The smallest absolute Gasteiger partial charge is 0.263 e. The van der Waals surface area contributed by atoms with Gasteiger partial charge in [-0.2, -0.15) is 5.10 Å². The maximum absolute atomic E-state index is 13.1. The van der Waals surface area contributed by atoms with Crippen LogP contribution < -0.4 is 20.5 Å². The quantitative estimate of drug-likeness (QED) is 0.436. The van der Waals surface area contributed by atoms with Crippen molar-refractivity contribution in [2.24, 2.45) is 5.10 Å². The Morgan fingerprint density at radius 2 is 2.16 bits per heavy atom. The molecule has 4 rings (SSSR count). The second-order valence-electron chi connectivity index (χ2n) is 7.60. The van der Waals surface area contributed by atoms with Crippen molar-refractivity contribution in [1.82, 2.24) is 15.0 Å². The van der Waals surface area contributed by atoms with Crippen LogP contribution in [0, 0.1) is 0 Å². The molecular formula is C23H26N4O4S. The first-order chi connectivity index (χ1) is 15.5. The number of aromatic nitrogens is 2. The summed E-state index contributed by atoms with van der Waals surface area (Å²) in [5, 5.41) is 4.70. The van der Waals surface area contributed by atoms with Crippen molar-refractivity contribution in [2.75, 3.05) is 13.7 Å². The summed E-state index contributed by atoms with van der Waals surface area (Å²) in [6, 6.07) is 4.63. The number of hydrogen-bond donors (Lipinski definition) is 1. The van der Waals surface area contributed by atoms with E-state index in [0.29, 0.717) is 23.5 Å². The number of rotatable bonds is 7. The first kappa shape index (κ1) is 22.0. The summed E-state index contributed by atoms with van der Waals surface area (Å²) < 4.78 is 12.2. The number of nitrogens with zero attached hydrogens (tertiary/aromatic N) is 3. The molecule has 32 heavy (non-hydrogen) atoms. The van der Waals surface area contributed by atoms with Crippen LogP contribution in [-0.2, 0) is 17.6 Å². The topological polar surface area (TPSA) is 94.8 Å². The third kappa shape index (κ3) is 4.25. The Morgan fingerprint density at radius 3 is 2.94 bits per heavy atom. The van der Waals surface area contributed by atoms with Crippen LogP contribution in [0.15, 0.2) is 34.4 Å². The van der Waals surface area contributed by atoms with Crippen molar-refractivity contribution >= 4 is 33.7 Å². The van der Waals surface area contributed by atoms with Gasteiger partial charge in [0.15, 0.2) is 11.5 Å². The van der Waals surface area contributed by atoms with Gasteiger partial charge in [0.2, 0.25) is 0 Å². The van der Waals surface area contributed by atoms with Crippen LogP contribution in [0.5, 0.6) is 11.5 Å². The number of aryl methyl sites for hydroxylation is 2. The monoisotopic (exact) mass is 454 g/mol. The van der Waals surface area contributed by atoms with Crippen LogP contribution in [0.3, 0.4) is 0 Å². The van der Waals surface area contributed by atoms with Crippen LogP contribution in [0.25, 0.3) is 10.2 Å². The average Bonchev–Trinajstić information content (AvgIpc) is 3.19. The number of methoxy groups -OCH3 is 1. The van der Waals surface area contributed by atoms with Crippen molar-refractivity contribution < 1.29 is 14.3 Å². The molecule has 0 saturated carbocycles. The van der Waals surface area contributed by atoms with Crippen molar-refractivity contribution in [3.8, 4) is 11.5 Å². The lowest BCUT2D eigenvalue weighted by atomic mass is 9.97. The standard InChI is InChI=1S/C23H26N4O4S/c1-4-31-17-10-9-15(11-18(17)30-3)12-25-26-21(28)14(2)27-13-24-22-20(23(27)29)16-7-5-6-8-19(16)32-22/h9-14H,4-8H2,1-3H3,(H,26,28)/b25-12+. The maximum Gasteiger partial charge on any atom is 0.263 e. The Bertz CT molecular complexity index is 1230. The van der Waals surface area contributed by atoms with E-state index in [1.807, 2.05) is 13.0 Å². The molecule has 2 heterocycles. The molecule has 0 bridgehead atoms.